The molecule has 2 atom stereocenters. The maximum absolute atomic E-state index is 12.1. The molecule has 0 saturated carbocycles. The summed E-state index contributed by atoms with van der Waals surface area (Å²) in [7, 11) is 1.38. The highest BCUT2D eigenvalue weighted by Crippen LogP contribution is 2.36. The molecule has 0 amide bonds. The van der Waals surface area contributed by atoms with Gasteiger partial charge in [-0.25, -0.2) is 4.79 Å². The summed E-state index contributed by atoms with van der Waals surface area (Å²) in [6.45, 7) is 7.05. The number of benzene rings is 2. The number of nitrogens with zero attached hydrogens (tertiary/aromatic N) is 3. The van der Waals surface area contributed by atoms with E-state index < -0.39 is 0 Å². The first-order valence-electron chi connectivity index (χ1n) is 10.8. The van der Waals surface area contributed by atoms with Crippen molar-refractivity contribution in [3.05, 3.63) is 64.7 Å². The summed E-state index contributed by atoms with van der Waals surface area (Å²) < 4.78 is 11.2. The zero-order valence-electron chi connectivity index (χ0n) is 19.2. The minimum absolute atomic E-state index is 0.0649. The molecule has 172 valence electrons. The van der Waals surface area contributed by atoms with E-state index in [9.17, 15) is 9.90 Å². The number of phenols is 1. The number of carbonyl (C=O) groups is 1. The molecular weight excluding hydrogens is 420 g/mol. The number of aryl methyl sites for hydroxylation is 2. The van der Waals surface area contributed by atoms with Crippen LogP contribution in [0.25, 0.3) is 11.3 Å². The fourth-order valence-corrected chi connectivity index (χ4v) is 4.30. The Hall–Kier alpha value is -3.65. The largest absolute Gasteiger partial charge is 0.507 e. The quantitative estimate of drug-likeness (QED) is 0.580. The first kappa shape index (κ1) is 22.5. The average Bonchev–Trinajstić information content (AvgIpc) is 2.80. The topological polar surface area (TPSA) is 111 Å². The normalized spacial score (nSPS) is 18.2. The predicted molar refractivity (Wildman–Crippen MR) is 126 cm³/mol. The number of esters is 1. The first-order chi connectivity index (χ1) is 15.8. The van der Waals surface area contributed by atoms with Gasteiger partial charge in [-0.2, -0.15) is 0 Å². The number of para-hydroxylation sites is 1. The van der Waals surface area contributed by atoms with E-state index in [0.717, 1.165) is 22.4 Å². The van der Waals surface area contributed by atoms with Gasteiger partial charge >= 0.3 is 5.97 Å². The molecule has 8 nitrogen and oxygen atoms in total. The first-order valence-corrected chi connectivity index (χ1v) is 10.8. The second-order valence-corrected chi connectivity index (χ2v) is 8.37. The smallest absolute Gasteiger partial charge is 0.338 e. The number of carbonyl (C=O) groups excluding carboxylic acids is 1. The molecule has 3 N–H and O–H groups in total. The molecule has 0 aliphatic carbocycles. The van der Waals surface area contributed by atoms with Gasteiger partial charge in [0.15, 0.2) is 5.82 Å². The zero-order valence-corrected chi connectivity index (χ0v) is 19.2. The van der Waals surface area contributed by atoms with E-state index in [0.29, 0.717) is 35.7 Å². The van der Waals surface area contributed by atoms with Gasteiger partial charge in [-0.3, -0.25) is 0 Å². The Kier molecular flexibility index (Phi) is 6.20. The third kappa shape index (κ3) is 4.47. The van der Waals surface area contributed by atoms with E-state index in [1.54, 1.807) is 18.2 Å². The molecule has 1 aliphatic rings. The lowest BCUT2D eigenvalue weighted by molar-refractivity contribution is -0.0177. The summed E-state index contributed by atoms with van der Waals surface area (Å²) >= 11 is 0. The second kappa shape index (κ2) is 9.07. The molecular formula is C25H28N4O4. The fraction of sp³-hybridized carbons (Fsp3) is 0.320. The van der Waals surface area contributed by atoms with E-state index in [-0.39, 0.29) is 23.9 Å². The van der Waals surface area contributed by atoms with Crippen molar-refractivity contribution >= 4 is 17.5 Å². The van der Waals surface area contributed by atoms with Crippen molar-refractivity contribution in [2.45, 2.75) is 33.0 Å². The summed E-state index contributed by atoms with van der Waals surface area (Å²) in [6, 6.07) is 12.7. The Morgan fingerprint density at radius 1 is 1.15 bits per heavy atom. The fourth-order valence-electron chi connectivity index (χ4n) is 4.30. The number of aromatic nitrogens is 2. The summed E-state index contributed by atoms with van der Waals surface area (Å²) in [6.07, 6.45) is -0.287. The summed E-state index contributed by atoms with van der Waals surface area (Å²) in [5.74, 6) is 0.0949. The molecule has 4 rings (SSSR count). The van der Waals surface area contributed by atoms with Crippen molar-refractivity contribution in [1.82, 2.24) is 10.2 Å². The number of nitrogens with two attached hydrogens (primary N) is 1. The summed E-state index contributed by atoms with van der Waals surface area (Å²) in [4.78, 5) is 14.2. The van der Waals surface area contributed by atoms with Crippen LogP contribution in [0.4, 0.5) is 11.5 Å². The molecule has 0 bridgehead atoms. The maximum atomic E-state index is 12.1. The van der Waals surface area contributed by atoms with Crippen LogP contribution in [0.15, 0.2) is 42.5 Å². The van der Waals surface area contributed by atoms with Gasteiger partial charge in [0.25, 0.3) is 0 Å². The highest BCUT2D eigenvalue weighted by atomic mass is 16.5. The van der Waals surface area contributed by atoms with Crippen LogP contribution in [0, 0.1) is 13.8 Å². The number of anilines is 2. The highest BCUT2D eigenvalue weighted by Gasteiger charge is 2.30. The highest BCUT2D eigenvalue weighted by molar-refractivity contribution is 5.91. The van der Waals surface area contributed by atoms with Crippen LogP contribution in [0.3, 0.4) is 0 Å². The molecule has 0 radical (unpaired) electrons. The van der Waals surface area contributed by atoms with Crippen molar-refractivity contribution in [3.8, 4) is 17.0 Å². The molecule has 33 heavy (non-hydrogen) atoms. The molecule has 0 unspecified atom stereocenters. The molecule has 1 saturated heterocycles. The van der Waals surface area contributed by atoms with Crippen molar-refractivity contribution in [2.24, 2.45) is 0 Å². The Morgan fingerprint density at radius 3 is 2.64 bits per heavy atom. The van der Waals surface area contributed by atoms with E-state index in [2.05, 4.69) is 15.1 Å². The van der Waals surface area contributed by atoms with Crippen molar-refractivity contribution < 1.29 is 19.4 Å². The molecule has 2 aromatic carbocycles. The van der Waals surface area contributed by atoms with E-state index >= 15 is 0 Å². The van der Waals surface area contributed by atoms with Gasteiger partial charge < -0.3 is 25.2 Å². The van der Waals surface area contributed by atoms with Crippen LogP contribution >= 0.6 is 0 Å². The molecule has 8 heteroatoms. The van der Waals surface area contributed by atoms with Gasteiger partial charge in [0.1, 0.15) is 11.9 Å². The van der Waals surface area contributed by atoms with Gasteiger partial charge in [-0.1, -0.05) is 18.2 Å². The van der Waals surface area contributed by atoms with Crippen LogP contribution in [-0.2, 0) is 9.47 Å². The monoisotopic (exact) mass is 448 g/mol. The summed E-state index contributed by atoms with van der Waals surface area (Å²) in [5, 5.41) is 18.6. The third-order valence-corrected chi connectivity index (χ3v) is 5.95. The molecule has 1 aliphatic heterocycles. The Morgan fingerprint density at radius 2 is 1.91 bits per heavy atom. The van der Waals surface area contributed by atoms with Gasteiger partial charge in [0, 0.05) is 18.7 Å². The van der Waals surface area contributed by atoms with Crippen LogP contribution in [-0.4, -0.2) is 47.6 Å². The molecule has 2 heterocycles. The standard InChI is InChI=1S/C25H28N4O4/c1-14-10-19(25(31)32-4)15(2)9-18(14)23-13-29(12-16(3)33-23)21-11-20(27-28-24(21)26)17-7-5-6-8-22(17)30/h5-11,16,23,30H,12-13H2,1-4H3,(H2,26,28)/t16-,23-/m0/s1. The number of rotatable bonds is 4. The third-order valence-electron chi connectivity index (χ3n) is 5.95. The van der Waals surface area contributed by atoms with Crippen LogP contribution in [0.2, 0.25) is 0 Å². The van der Waals surface area contributed by atoms with Gasteiger partial charge in [0.2, 0.25) is 0 Å². The Labute approximate surface area is 193 Å². The lowest BCUT2D eigenvalue weighted by Gasteiger charge is -2.39. The van der Waals surface area contributed by atoms with Crippen molar-refractivity contribution in [3.63, 3.8) is 0 Å². The molecule has 1 fully saturated rings. The van der Waals surface area contributed by atoms with Crippen LogP contribution < -0.4 is 10.6 Å². The number of phenolic OH excluding ortho intramolecular Hbond substituents is 1. The zero-order chi connectivity index (χ0) is 23.7. The second-order valence-electron chi connectivity index (χ2n) is 8.37. The number of methoxy groups -OCH3 is 1. The average molecular weight is 449 g/mol. The number of hydrogen-bond acceptors (Lipinski definition) is 8. The molecule has 3 aromatic rings. The van der Waals surface area contributed by atoms with E-state index in [1.165, 1.54) is 7.11 Å². The number of ether oxygens (including phenoxy) is 2. The van der Waals surface area contributed by atoms with Crippen LogP contribution in [0.5, 0.6) is 5.75 Å². The Balaban J connectivity index is 1.68. The minimum atomic E-state index is -0.353. The van der Waals surface area contributed by atoms with Crippen molar-refractivity contribution in [1.29, 1.82) is 0 Å². The van der Waals surface area contributed by atoms with Crippen molar-refractivity contribution in [2.75, 3.05) is 30.8 Å². The predicted octanol–water partition coefficient (Wildman–Crippen LogP) is 3.80. The number of hydrogen-bond donors (Lipinski definition) is 2. The number of morpholine rings is 1. The maximum Gasteiger partial charge on any atom is 0.338 e. The number of aromatic hydroxyl groups is 1. The van der Waals surface area contributed by atoms with Gasteiger partial charge in [-0.15, -0.1) is 10.2 Å². The Bertz CT molecular complexity index is 1200. The van der Waals surface area contributed by atoms with E-state index in [4.69, 9.17) is 15.2 Å². The van der Waals surface area contributed by atoms with E-state index in [1.807, 2.05) is 45.0 Å². The lowest BCUT2D eigenvalue weighted by Crippen LogP contribution is -2.43. The lowest BCUT2D eigenvalue weighted by atomic mass is 9.95. The SMILES string of the molecule is COC(=O)c1cc(C)c([C@@H]2CN(c3cc(-c4ccccc4O)nnc3N)C[C@H](C)O2)cc1C. The molecule has 0 spiro atoms. The minimum Gasteiger partial charge on any atom is -0.507 e. The summed E-state index contributed by atoms with van der Waals surface area (Å²) in [5.41, 5.74) is 11.4. The van der Waals surface area contributed by atoms with Gasteiger partial charge in [0.05, 0.1) is 30.2 Å². The molecule has 1 aromatic heterocycles. The number of nitrogen functional groups attached to an aromatic ring is 1. The van der Waals surface area contributed by atoms with Crippen LogP contribution in [0.1, 0.15) is 40.1 Å². The van der Waals surface area contributed by atoms with Gasteiger partial charge in [-0.05, 0) is 61.7 Å².